The van der Waals surface area contributed by atoms with Crippen LogP contribution in [0.5, 0.6) is 0 Å². The Morgan fingerprint density at radius 3 is 1.22 bits per heavy atom. The maximum absolute atomic E-state index is 13.2. The molecule has 3 atom stereocenters. The molecule has 0 aromatic heterocycles. The first-order chi connectivity index (χ1) is 32.0. The summed E-state index contributed by atoms with van der Waals surface area (Å²) in [6.45, 7) is 6.48. The van der Waals surface area contributed by atoms with E-state index in [-0.39, 0.29) is 24.9 Å². The van der Waals surface area contributed by atoms with Crippen molar-refractivity contribution in [3.05, 3.63) is 36.5 Å². The molecule has 0 saturated carbocycles. The highest BCUT2D eigenvalue weighted by Crippen LogP contribution is 2.19. The van der Waals surface area contributed by atoms with Crippen LogP contribution in [0.4, 0.5) is 0 Å². The summed E-state index contributed by atoms with van der Waals surface area (Å²) in [5.74, 6) is -0.474. The normalized spacial score (nSPS) is 13.4. The number of carbonyl (C=O) groups excluding carboxylic acids is 2. The lowest BCUT2D eigenvalue weighted by molar-refractivity contribution is -0.151. The molecule has 0 heterocycles. The molecule has 0 fully saturated rings. The lowest BCUT2D eigenvalue weighted by Gasteiger charge is -2.24. The molecule has 0 radical (unpaired) electrons. The van der Waals surface area contributed by atoms with E-state index in [1.807, 2.05) is 0 Å². The fourth-order valence-electron chi connectivity index (χ4n) is 8.85. The highest BCUT2D eigenvalue weighted by Gasteiger charge is 2.24. The zero-order valence-electron chi connectivity index (χ0n) is 43.6. The van der Waals surface area contributed by atoms with E-state index in [0.717, 1.165) is 64.2 Å². The molecular weight excluding hydrogens is 803 g/mol. The minimum atomic E-state index is -0.787. The monoisotopic (exact) mass is 914 g/mol. The van der Waals surface area contributed by atoms with Crippen LogP contribution in [-0.4, -0.2) is 46.9 Å². The van der Waals surface area contributed by atoms with Crippen molar-refractivity contribution in [2.24, 2.45) is 0 Å². The Balaban J connectivity index is 4.46. The van der Waals surface area contributed by atoms with Gasteiger partial charge in [-0.15, -0.1) is 0 Å². The third kappa shape index (κ3) is 48.3. The number of unbranched alkanes of at least 4 members (excludes halogenated alkanes) is 34. The number of amides is 1. The number of aliphatic hydroxyl groups is 2. The molecule has 6 heteroatoms. The predicted molar refractivity (Wildman–Crippen MR) is 282 cm³/mol. The van der Waals surface area contributed by atoms with Crippen LogP contribution in [0.3, 0.4) is 0 Å². The SMILES string of the molecule is CCCCC/C=C\C/C=C\C/C=C\CCCCCCCCC(=O)OC(CCCCCCCCCCCCC)CC(=O)NC(CO)C(O)CCCCCCCCCCCCCCCCCC. The number of hydrogen-bond donors (Lipinski definition) is 3. The molecule has 3 unspecified atom stereocenters. The maximum Gasteiger partial charge on any atom is 0.306 e. The van der Waals surface area contributed by atoms with Crippen molar-refractivity contribution < 1.29 is 24.5 Å². The van der Waals surface area contributed by atoms with Gasteiger partial charge in [-0.3, -0.25) is 9.59 Å². The number of hydrogen-bond acceptors (Lipinski definition) is 5. The number of ether oxygens (including phenoxy) is 1. The molecule has 382 valence electrons. The average molecular weight is 915 g/mol. The summed E-state index contributed by atoms with van der Waals surface area (Å²) in [7, 11) is 0. The summed E-state index contributed by atoms with van der Waals surface area (Å²) in [5.41, 5.74) is 0. The molecule has 1 amide bonds. The molecule has 65 heavy (non-hydrogen) atoms. The van der Waals surface area contributed by atoms with Crippen LogP contribution in [-0.2, 0) is 14.3 Å². The van der Waals surface area contributed by atoms with Crippen LogP contribution >= 0.6 is 0 Å². The van der Waals surface area contributed by atoms with Crippen molar-refractivity contribution in [1.29, 1.82) is 0 Å². The summed E-state index contributed by atoms with van der Waals surface area (Å²) in [6.07, 6.45) is 63.5. The van der Waals surface area contributed by atoms with Gasteiger partial charge in [-0.25, -0.2) is 0 Å². The molecule has 6 nitrogen and oxygen atoms in total. The second-order valence-corrected chi connectivity index (χ2v) is 19.7. The number of aliphatic hydroxyl groups excluding tert-OH is 2. The second kappa shape index (κ2) is 53.0. The second-order valence-electron chi connectivity index (χ2n) is 19.7. The van der Waals surface area contributed by atoms with Gasteiger partial charge in [0.15, 0.2) is 0 Å². The topological polar surface area (TPSA) is 95.9 Å². The van der Waals surface area contributed by atoms with E-state index in [1.165, 1.54) is 193 Å². The van der Waals surface area contributed by atoms with Gasteiger partial charge in [0.05, 0.1) is 25.2 Å². The van der Waals surface area contributed by atoms with Crippen molar-refractivity contribution in [3.8, 4) is 0 Å². The molecule has 0 aliphatic carbocycles. The Hall–Kier alpha value is -1.92. The minimum absolute atomic E-state index is 0.0764. The Kier molecular flexibility index (Phi) is 51.5. The molecule has 0 aliphatic heterocycles. The molecule has 3 N–H and O–H groups in total. The molecule has 0 saturated heterocycles. The summed E-state index contributed by atoms with van der Waals surface area (Å²) in [5, 5.41) is 23.9. The van der Waals surface area contributed by atoms with E-state index in [1.54, 1.807) is 0 Å². The van der Waals surface area contributed by atoms with E-state index in [2.05, 4.69) is 62.5 Å². The Bertz CT molecular complexity index is 1070. The van der Waals surface area contributed by atoms with Crippen molar-refractivity contribution in [2.45, 2.75) is 322 Å². The Morgan fingerprint density at radius 2 is 0.785 bits per heavy atom. The van der Waals surface area contributed by atoms with Gasteiger partial charge in [0.2, 0.25) is 5.91 Å². The van der Waals surface area contributed by atoms with Gasteiger partial charge in [-0.1, -0.05) is 263 Å². The largest absolute Gasteiger partial charge is 0.462 e. The van der Waals surface area contributed by atoms with Gasteiger partial charge >= 0.3 is 5.97 Å². The number of carbonyl (C=O) groups is 2. The summed E-state index contributed by atoms with van der Waals surface area (Å²) in [4.78, 5) is 26.2. The van der Waals surface area contributed by atoms with Crippen molar-refractivity contribution >= 4 is 11.9 Å². The van der Waals surface area contributed by atoms with E-state index in [0.29, 0.717) is 19.3 Å². The summed E-state index contributed by atoms with van der Waals surface area (Å²) >= 11 is 0. The van der Waals surface area contributed by atoms with Crippen LogP contribution in [0, 0.1) is 0 Å². The minimum Gasteiger partial charge on any atom is -0.462 e. The Labute approximate surface area is 404 Å². The molecule has 0 bridgehead atoms. The summed E-state index contributed by atoms with van der Waals surface area (Å²) in [6, 6.07) is -0.701. The van der Waals surface area contributed by atoms with Crippen LogP contribution < -0.4 is 5.32 Å². The zero-order chi connectivity index (χ0) is 47.4. The fourth-order valence-corrected chi connectivity index (χ4v) is 8.85. The smallest absolute Gasteiger partial charge is 0.306 e. The van der Waals surface area contributed by atoms with Gasteiger partial charge in [0, 0.05) is 6.42 Å². The van der Waals surface area contributed by atoms with Gasteiger partial charge in [0.1, 0.15) is 6.10 Å². The predicted octanol–water partition coefficient (Wildman–Crippen LogP) is 17.6. The number of allylic oxidation sites excluding steroid dienone is 6. The van der Waals surface area contributed by atoms with Crippen LogP contribution in [0.2, 0.25) is 0 Å². The molecule has 0 aliphatic rings. The van der Waals surface area contributed by atoms with E-state index >= 15 is 0 Å². The number of nitrogens with one attached hydrogen (secondary N) is 1. The molecule has 0 aromatic carbocycles. The lowest BCUT2D eigenvalue weighted by Crippen LogP contribution is -2.46. The quantitative estimate of drug-likeness (QED) is 0.0321. The highest BCUT2D eigenvalue weighted by atomic mass is 16.5. The first kappa shape index (κ1) is 63.1. The molecular formula is C59H111NO5. The molecule has 0 aromatic rings. The van der Waals surface area contributed by atoms with Crippen LogP contribution in [0.1, 0.15) is 303 Å². The Morgan fingerprint density at radius 1 is 0.446 bits per heavy atom. The number of esters is 1. The van der Waals surface area contributed by atoms with E-state index in [4.69, 9.17) is 4.74 Å². The van der Waals surface area contributed by atoms with Crippen molar-refractivity contribution in [3.63, 3.8) is 0 Å². The van der Waals surface area contributed by atoms with Crippen molar-refractivity contribution in [1.82, 2.24) is 5.32 Å². The first-order valence-corrected chi connectivity index (χ1v) is 28.7. The third-order valence-corrected chi connectivity index (χ3v) is 13.2. The van der Waals surface area contributed by atoms with Crippen LogP contribution in [0.25, 0.3) is 0 Å². The standard InChI is InChI=1S/C59H111NO5/c1-4-7-10-13-16-19-22-24-26-28-29-30-32-34-37-40-43-46-49-52-59(64)65-55(50-47-44-41-38-35-21-18-15-12-9-6-3)53-58(63)60-56(54-61)57(62)51-48-45-42-39-36-33-31-27-25-23-20-17-14-11-8-5-2/h16,19,24,26,29-30,55-57,61-62H,4-15,17-18,20-23,25,27-28,31-54H2,1-3H3,(H,60,63)/b19-16-,26-24-,30-29-. The average Bonchev–Trinajstić information content (AvgIpc) is 3.30. The highest BCUT2D eigenvalue weighted by molar-refractivity contribution is 5.77. The van der Waals surface area contributed by atoms with Crippen LogP contribution in [0.15, 0.2) is 36.5 Å². The number of rotatable bonds is 52. The van der Waals surface area contributed by atoms with E-state index in [9.17, 15) is 19.8 Å². The van der Waals surface area contributed by atoms with Gasteiger partial charge in [-0.2, -0.15) is 0 Å². The van der Waals surface area contributed by atoms with E-state index < -0.39 is 18.2 Å². The third-order valence-electron chi connectivity index (χ3n) is 13.2. The van der Waals surface area contributed by atoms with Gasteiger partial charge < -0.3 is 20.3 Å². The van der Waals surface area contributed by atoms with Gasteiger partial charge in [0.25, 0.3) is 0 Å². The van der Waals surface area contributed by atoms with Gasteiger partial charge in [-0.05, 0) is 64.2 Å². The van der Waals surface area contributed by atoms with Crippen molar-refractivity contribution in [2.75, 3.05) is 6.61 Å². The molecule has 0 rings (SSSR count). The maximum atomic E-state index is 13.2. The summed E-state index contributed by atoms with van der Waals surface area (Å²) < 4.78 is 5.95. The first-order valence-electron chi connectivity index (χ1n) is 28.7. The zero-order valence-corrected chi connectivity index (χ0v) is 43.6. The fraction of sp³-hybridized carbons (Fsp3) is 0.864. The molecule has 0 spiro atoms. The lowest BCUT2D eigenvalue weighted by atomic mass is 10.0.